The van der Waals surface area contributed by atoms with Crippen molar-refractivity contribution in [2.75, 3.05) is 0 Å². The number of para-hydroxylation sites is 1. The van der Waals surface area contributed by atoms with E-state index < -0.39 is 10.0 Å². The van der Waals surface area contributed by atoms with Gasteiger partial charge < -0.3 is 0 Å². The zero-order valence-corrected chi connectivity index (χ0v) is 12.9. The Balaban J connectivity index is 2.14. The largest absolute Gasteiger partial charge is 0.284 e. The maximum absolute atomic E-state index is 12.1. The minimum absolute atomic E-state index is 0.0347. The molecule has 0 radical (unpaired) electrons. The van der Waals surface area contributed by atoms with Crippen LogP contribution >= 0.6 is 0 Å². The van der Waals surface area contributed by atoms with Crippen molar-refractivity contribution in [1.29, 1.82) is 0 Å². The third-order valence-corrected chi connectivity index (χ3v) is 4.35. The van der Waals surface area contributed by atoms with Gasteiger partial charge in [0.25, 0.3) is 5.56 Å². The molecule has 0 amide bonds. The van der Waals surface area contributed by atoms with E-state index in [9.17, 15) is 13.2 Å². The first-order valence-electron chi connectivity index (χ1n) is 6.86. The molecule has 2 aromatic carbocycles. The molecule has 0 fully saturated rings. The maximum Gasteiger partial charge on any atom is 0.255 e. The fourth-order valence-electron chi connectivity index (χ4n) is 2.30. The first kappa shape index (κ1) is 15.2. The molecule has 0 unspecified atom stereocenters. The number of aromatic nitrogens is 1. The minimum atomic E-state index is -3.77. The van der Waals surface area contributed by atoms with Gasteiger partial charge in [-0.1, -0.05) is 30.3 Å². The molecule has 6 heteroatoms. The van der Waals surface area contributed by atoms with Gasteiger partial charge in [0.2, 0.25) is 10.0 Å². The summed E-state index contributed by atoms with van der Waals surface area (Å²) in [5.74, 6) is 0. The van der Waals surface area contributed by atoms with Crippen molar-refractivity contribution in [3.8, 4) is 16.8 Å². The molecule has 3 aromatic rings. The van der Waals surface area contributed by atoms with Crippen molar-refractivity contribution in [3.63, 3.8) is 0 Å². The maximum atomic E-state index is 12.1. The Kier molecular flexibility index (Phi) is 3.85. The Hall–Kier alpha value is -2.70. The summed E-state index contributed by atoms with van der Waals surface area (Å²) in [6, 6.07) is 18.6. The predicted octanol–water partition coefficient (Wildman–Crippen LogP) is 2.15. The molecular weight excluding hydrogens is 312 g/mol. The Morgan fingerprint density at radius 3 is 2.26 bits per heavy atom. The molecule has 1 heterocycles. The van der Waals surface area contributed by atoms with Crippen LogP contribution in [0.3, 0.4) is 0 Å². The first-order chi connectivity index (χ1) is 10.9. The Labute approximate surface area is 133 Å². The van der Waals surface area contributed by atoms with Crippen LogP contribution in [0.15, 0.2) is 82.6 Å². The number of nitrogens with two attached hydrogens (primary N) is 1. The van der Waals surface area contributed by atoms with Gasteiger partial charge >= 0.3 is 0 Å². The van der Waals surface area contributed by atoms with Crippen LogP contribution in [-0.2, 0) is 10.0 Å². The highest BCUT2D eigenvalue weighted by Gasteiger charge is 2.10. The second kappa shape index (κ2) is 5.83. The minimum Gasteiger partial charge on any atom is -0.284 e. The van der Waals surface area contributed by atoms with Crippen LogP contribution in [0.5, 0.6) is 0 Å². The van der Waals surface area contributed by atoms with E-state index in [4.69, 9.17) is 5.14 Å². The summed E-state index contributed by atoms with van der Waals surface area (Å²) in [6.07, 6.45) is 1.68. The molecule has 0 aliphatic rings. The fourth-order valence-corrected chi connectivity index (χ4v) is 2.86. The topological polar surface area (TPSA) is 82.2 Å². The highest BCUT2D eigenvalue weighted by atomic mass is 32.2. The monoisotopic (exact) mass is 326 g/mol. The Morgan fingerprint density at radius 1 is 0.826 bits per heavy atom. The van der Waals surface area contributed by atoms with Gasteiger partial charge in [-0.3, -0.25) is 9.36 Å². The molecule has 0 atom stereocenters. The summed E-state index contributed by atoms with van der Waals surface area (Å²) in [5, 5.41) is 5.17. The van der Waals surface area contributed by atoms with E-state index >= 15 is 0 Å². The SMILES string of the molecule is NS(=O)(=O)c1cccc(-c2ccc(=O)n(-c3ccccc3)c2)c1. The molecular formula is C17H14N2O3S. The first-order valence-corrected chi connectivity index (χ1v) is 8.41. The fraction of sp³-hybridized carbons (Fsp3) is 0. The molecule has 2 N–H and O–H groups in total. The summed E-state index contributed by atoms with van der Waals surface area (Å²) >= 11 is 0. The lowest BCUT2D eigenvalue weighted by Gasteiger charge is -2.09. The number of nitrogens with zero attached hydrogens (tertiary/aromatic N) is 1. The van der Waals surface area contributed by atoms with E-state index in [1.165, 1.54) is 22.8 Å². The lowest BCUT2D eigenvalue weighted by atomic mass is 10.1. The van der Waals surface area contributed by atoms with Crippen molar-refractivity contribution in [3.05, 3.63) is 83.3 Å². The zero-order chi connectivity index (χ0) is 16.4. The normalized spacial score (nSPS) is 11.3. The van der Waals surface area contributed by atoms with Crippen LogP contribution in [0.25, 0.3) is 16.8 Å². The number of benzene rings is 2. The molecule has 0 bridgehead atoms. The van der Waals surface area contributed by atoms with Crippen LogP contribution in [0.4, 0.5) is 0 Å². The number of hydrogen-bond acceptors (Lipinski definition) is 3. The van der Waals surface area contributed by atoms with Crippen LogP contribution in [0.1, 0.15) is 0 Å². The van der Waals surface area contributed by atoms with Gasteiger partial charge in [0.1, 0.15) is 0 Å². The summed E-state index contributed by atoms with van der Waals surface area (Å²) in [7, 11) is -3.77. The van der Waals surface area contributed by atoms with Gasteiger partial charge in [-0.25, -0.2) is 13.6 Å². The molecule has 0 saturated carbocycles. The molecule has 23 heavy (non-hydrogen) atoms. The average Bonchev–Trinajstić information content (AvgIpc) is 2.55. The van der Waals surface area contributed by atoms with Gasteiger partial charge in [-0.05, 0) is 41.5 Å². The van der Waals surface area contributed by atoms with E-state index in [0.29, 0.717) is 5.56 Å². The van der Waals surface area contributed by atoms with Crippen LogP contribution in [0, 0.1) is 0 Å². The summed E-state index contributed by atoms with van der Waals surface area (Å²) in [4.78, 5) is 12.1. The number of pyridine rings is 1. The van der Waals surface area contributed by atoms with E-state index in [1.807, 2.05) is 30.3 Å². The average molecular weight is 326 g/mol. The highest BCUT2D eigenvalue weighted by Crippen LogP contribution is 2.21. The Bertz CT molecular complexity index is 1010. The van der Waals surface area contributed by atoms with E-state index in [1.54, 1.807) is 24.4 Å². The number of primary sulfonamides is 1. The third kappa shape index (κ3) is 3.23. The number of hydrogen-bond donors (Lipinski definition) is 1. The van der Waals surface area contributed by atoms with Crippen LogP contribution in [0.2, 0.25) is 0 Å². The lowest BCUT2D eigenvalue weighted by Crippen LogP contribution is -2.16. The molecule has 5 nitrogen and oxygen atoms in total. The number of rotatable bonds is 3. The van der Waals surface area contributed by atoms with Gasteiger partial charge in [0, 0.05) is 18.0 Å². The van der Waals surface area contributed by atoms with Crippen molar-refractivity contribution >= 4 is 10.0 Å². The van der Waals surface area contributed by atoms with Crippen molar-refractivity contribution in [1.82, 2.24) is 4.57 Å². The molecule has 0 aliphatic heterocycles. The third-order valence-electron chi connectivity index (χ3n) is 3.44. The van der Waals surface area contributed by atoms with Crippen molar-refractivity contribution in [2.45, 2.75) is 4.90 Å². The molecule has 116 valence electrons. The van der Waals surface area contributed by atoms with Gasteiger partial charge in [-0.15, -0.1) is 0 Å². The van der Waals surface area contributed by atoms with Crippen LogP contribution < -0.4 is 10.7 Å². The van der Waals surface area contributed by atoms with Crippen LogP contribution in [-0.4, -0.2) is 13.0 Å². The standard InChI is InChI=1S/C17H14N2O3S/c18-23(21,22)16-8-4-5-13(11-16)14-9-10-17(20)19(12-14)15-6-2-1-3-7-15/h1-12H,(H2,18,21,22). The van der Waals surface area contributed by atoms with Crippen molar-refractivity contribution < 1.29 is 8.42 Å². The lowest BCUT2D eigenvalue weighted by molar-refractivity contribution is 0.598. The van der Waals surface area contributed by atoms with E-state index in [-0.39, 0.29) is 10.5 Å². The second-order valence-corrected chi connectivity index (χ2v) is 6.60. The molecule has 3 rings (SSSR count). The zero-order valence-electron chi connectivity index (χ0n) is 12.1. The van der Waals surface area contributed by atoms with E-state index in [2.05, 4.69) is 0 Å². The molecule has 0 spiro atoms. The predicted molar refractivity (Wildman–Crippen MR) is 88.8 cm³/mol. The van der Waals surface area contributed by atoms with Gasteiger partial charge in [0.05, 0.1) is 4.90 Å². The molecule has 1 aromatic heterocycles. The van der Waals surface area contributed by atoms with Gasteiger partial charge in [-0.2, -0.15) is 0 Å². The Morgan fingerprint density at radius 2 is 1.57 bits per heavy atom. The highest BCUT2D eigenvalue weighted by molar-refractivity contribution is 7.89. The molecule has 0 saturated heterocycles. The van der Waals surface area contributed by atoms with Gasteiger partial charge in [0.15, 0.2) is 0 Å². The number of sulfonamides is 1. The van der Waals surface area contributed by atoms with E-state index in [0.717, 1.165) is 11.3 Å². The second-order valence-electron chi connectivity index (χ2n) is 5.03. The quantitative estimate of drug-likeness (QED) is 0.800. The smallest absolute Gasteiger partial charge is 0.255 e. The molecule has 0 aliphatic carbocycles. The summed E-state index contributed by atoms with van der Waals surface area (Å²) in [5.41, 5.74) is 1.96. The van der Waals surface area contributed by atoms with Crippen molar-refractivity contribution in [2.24, 2.45) is 5.14 Å². The summed E-state index contributed by atoms with van der Waals surface area (Å²) < 4.78 is 24.5. The summed E-state index contributed by atoms with van der Waals surface area (Å²) in [6.45, 7) is 0.